The topological polar surface area (TPSA) is 38.9 Å². The third kappa shape index (κ3) is 26.9. The lowest BCUT2D eigenvalue weighted by atomic mass is 9.95. The van der Waals surface area contributed by atoms with Crippen LogP contribution in [0.25, 0.3) is 0 Å². The zero-order chi connectivity index (χ0) is 63.5. The lowest BCUT2D eigenvalue weighted by Crippen LogP contribution is -2.67. The standard InChI is InChI=1S/C12H25FN2Si.C12H25IN2Si.C11H23FN2Si.C10H21FN2Si.C10H23FN2Si.C9H21FN2Si/c2*1-2-3-7-10-14-12(13)15(16-14)11-8-5-4-6-9-11;1-2-3-9-13-11(12)14(15-13)10-7-5-4-6-8-10;1-2-8-12-10(11)13(14-12)9-6-4-3-5-7-9;1-3-5-7-9-13-10(11)12(14-13)8-6-4-2;1-3-5-6-8-12-9(10)11(13-12)7-4-2/h2*11-12H,2-10,16H2,1H3;10-11H,2-9,15H2,1H3;9-10H,2-8,14H2,1H3;10H,3-9,14H2,1-2H3;9H,3-8,13H2,1-2H3. The summed E-state index contributed by atoms with van der Waals surface area (Å²) < 4.78 is 95.7. The van der Waals surface area contributed by atoms with Crippen LogP contribution >= 0.6 is 22.6 Å². The first-order valence-corrected chi connectivity index (χ1v) is 46.5. The van der Waals surface area contributed by atoms with Gasteiger partial charge in [-0.2, -0.15) is 0 Å². The van der Waals surface area contributed by atoms with Crippen LogP contribution in [-0.2, 0) is 0 Å². The summed E-state index contributed by atoms with van der Waals surface area (Å²) >= 11 is 2.66. The van der Waals surface area contributed by atoms with Gasteiger partial charge in [-0.15, -0.1) is 0 Å². The average Bonchev–Trinajstić information content (AvgIpc) is 2.80. The molecule has 0 aromatic carbocycles. The van der Waals surface area contributed by atoms with E-state index in [0.717, 1.165) is 81.7 Å². The third-order valence-electron chi connectivity index (χ3n) is 20.6. The van der Waals surface area contributed by atoms with Crippen molar-refractivity contribution in [3.63, 3.8) is 0 Å². The Labute approximate surface area is 566 Å². The van der Waals surface area contributed by atoms with E-state index in [9.17, 15) is 22.0 Å². The van der Waals surface area contributed by atoms with Crippen LogP contribution in [0.4, 0.5) is 22.0 Å². The van der Waals surface area contributed by atoms with Crippen molar-refractivity contribution in [1.82, 2.24) is 54.8 Å². The van der Waals surface area contributed by atoms with E-state index in [1.54, 1.807) is 0 Å². The number of hydrogen-bond donors (Lipinski definition) is 0. The molecule has 4 saturated carbocycles. The molecule has 6 unspecified atom stereocenters. The minimum absolute atomic E-state index is 0.0282. The van der Waals surface area contributed by atoms with Gasteiger partial charge in [0.15, 0.2) is 91.2 Å². The van der Waals surface area contributed by atoms with Crippen molar-refractivity contribution in [1.29, 1.82) is 0 Å². The fourth-order valence-corrected chi connectivity index (χ4v) is 27.0. The lowest BCUT2D eigenvalue weighted by molar-refractivity contribution is -0.0483. The molecule has 4 aliphatic carbocycles. The molecule has 12 nitrogen and oxygen atoms in total. The van der Waals surface area contributed by atoms with Gasteiger partial charge in [0.25, 0.3) is 0 Å². The average molecular weight is 1470 g/mol. The molecule has 0 spiro atoms. The summed E-state index contributed by atoms with van der Waals surface area (Å²) in [5.74, 6) is 0. The number of halogens is 6. The molecule has 24 heteroatoms. The van der Waals surface area contributed by atoms with Gasteiger partial charge in [0.1, 0.15) is 4.17 Å². The normalized spacial score (nSPS) is 29.9. The minimum Gasteiger partial charge on any atom is -0.293 e. The summed E-state index contributed by atoms with van der Waals surface area (Å²) in [5, 5.41) is 0. The first kappa shape index (κ1) is 79.9. The first-order valence-electron chi connectivity index (χ1n) is 37.7. The maximum absolute atomic E-state index is 13.9. The molecule has 6 aliphatic heterocycles. The summed E-state index contributed by atoms with van der Waals surface area (Å²) in [6.07, 6.45) is 45.2. The predicted molar refractivity (Wildman–Crippen MR) is 391 cm³/mol. The summed E-state index contributed by atoms with van der Waals surface area (Å²) in [5.41, 5.74) is 0. The quantitative estimate of drug-likeness (QED) is 0.0172. The molecule has 88 heavy (non-hydrogen) atoms. The molecule has 520 valence electrons. The van der Waals surface area contributed by atoms with Crippen molar-refractivity contribution in [2.75, 3.05) is 52.4 Å². The smallest absolute Gasteiger partial charge is 0.199 e. The van der Waals surface area contributed by atoms with E-state index in [4.69, 9.17) is 0 Å². The summed E-state index contributed by atoms with van der Waals surface area (Å²) in [6, 6.07) is 2.75. The van der Waals surface area contributed by atoms with Gasteiger partial charge in [0.2, 0.25) is 0 Å². The Hall–Kier alpha value is 1.20. The van der Waals surface area contributed by atoms with Gasteiger partial charge in [0.05, 0.1) is 0 Å². The largest absolute Gasteiger partial charge is 0.293 e. The monoisotopic (exact) mass is 1460 g/mol. The van der Waals surface area contributed by atoms with Gasteiger partial charge in [-0.3, -0.25) is 54.8 Å². The molecular weight excluding hydrogens is 1330 g/mol. The van der Waals surface area contributed by atoms with E-state index in [2.05, 4.69) is 124 Å². The highest BCUT2D eigenvalue weighted by atomic mass is 127. The van der Waals surface area contributed by atoms with Gasteiger partial charge in [-0.05, 0) is 178 Å². The van der Waals surface area contributed by atoms with E-state index in [0.29, 0.717) is 18.1 Å². The van der Waals surface area contributed by atoms with E-state index in [-0.39, 0.29) is 49.2 Å². The van der Waals surface area contributed by atoms with E-state index < -0.39 is 41.9 Å². The molecular formula is C64H138F5IN12Si6. The van der Waals surface area contributed by atoms with Gasteiger partial charge >= 0.3 is 0 Å². The van der Waals surface area contributed by atoms with Crippen LogP contribution in [0.2, 0.25) is 0 Å². The Morgan fingerprint density at radius 3 is 0.727 bits per heavy atom. The third-order valence-corrected chi connectivity index (χ3v) is 36.1. The van der Waals surface area contributed by atoms with Crippen LogP contribution in [0.15, 0.2) is 0 Å². The Bertz CT molecular complexity index is 1670. The van der Waals surface area contributed by atoms with Gasteiger partial charge in [0, 0.05) is 24.2 Å². The van der Waals surface area contributed by atoms with E-state index >= 15 is 0 Å². The minimum atomic E-state index is -0.733. The molecule has 0 radical (unpaired) electrons. The van der Waals surface area contributed by atoms with Crippen molar-refractivity contribution in [2.45, 2.75) is 360 Å². The van der Waals surface area contributed by atoms with Crippen molar-refractivity contribution < 1.29 is 22.0 Å². The van der Waals surface area contributed by atoms with Gasteiger partial charge < -0.3 is 0 Å². The van der Waals surface area contributed by atoms with Crippen LogP contribution in [0, 0.1) is 0 Å². The summed E-state index contributed by atoms with van der Waals surface area (Å²) in [7, 11) is -1.92. The number of alkyl halides is 6. The maximum Gasteiger partial charge on any atom is 0.199 e. The van der Waals surface area contributed by atoms with Crippen molar-refractivity contribution >= 4 is 81.6 Å². The van der Waals surface area contributed by atoms with Crippen LogP contribution in [0.5, 0.6) is 0 Å². The zero-order valence-corrected chi connectivity index (χ0v) is 68.8. The molecule has 10 fully saturated rings. The molecule has 6 atom stereocenters. The Morgan fingerprint density at radius 1 is 0.250 bits per heavy atom. The number of nitrogens with zero attached hydrogens (tertiary/aromatic N) is 12. The molecule has 10 aliphatic rings. The number of rotatable bonds is 30. The predicted octanol–water partition coefficient (Wildman–Crippen LogP) is 12.1. The summed E-state index contributed by atoms with van der Waals surface area (Å²) in [6.45, 7) is 25.7. The Morgan fingerprint density at radius 2 is 0.477 bits per heavy atom. The molecule has 10 rings (SSSR count). The van der Waals surface area contributed by atoms with Crippen LogP contribution in [0.1, 0.15) is 299 Å². The highest BCUT2D eigenvalue weighted by Gasteiger charge is 2.44. The summed E-state index contributed by atoms with van der Waals surface area (Å²) in [4.78, 5) is 0. The Kier molecular flexibility index (Phi) is 42.9. The molecule has 0 aromatic heterocycles. The highest BCUT2D eigenvalue weighted by Crippen LogP contribution is 2.35. The van der Waals surface area contributed by atoms with Crippen molar-refractivity contribution in [3.8, 4) is 0 Å². The van der Waals surface area contributed by atoms with E-state index in [1.165, 1.54) is 225 Å². The van der Waals surface area contributed by atoms with Gasteiger partial charge in [-0.25, -0.2) is 22.0 Å². The van der Waals surface area contributed by atoms with Crippen molar-refractivity contribution in [3.05, 3.63) is 0 Å². The van der Waals surface area contributed by atoms with Crippen LogP contribution in [-0.4, -0.2) is 227 Å². The molecule has 0 N–H and O–H groups in total. The lowest BCUT2D eigenvalue weighted by Gasteiger charge is -2.52. The highest BCUT2D eigenvalue weighted by molar-refractivity contribution is 14.1. The fraction of sp³-hybridized carbons (Fsp3) is 1.00. The van der Waals surface area contributed by atoms with E-state index in [1.807, 2.05) is 9.13 Å². The Balaban J connectivity index is 0.000000193. The van der Waals surface area contributed by atoms with Crippen LogP contribution < -0.4 is 0 Å². The molecule has 6 saturated heterocycles. The zero-order valence-electron chi connectivity index (χ0n) is 58.2. The van der Waals surface area contributed by atoms with Crippen molar-refractivity contribution in [2.24, 2.45) is 0 Å². The number of unbranched alkanes of at least 4 members (excludes halogenated alkanes) is 10. The van der Waals surface area contributed by atoms with Crippen LogP contribution in [0.3, 0.4) is 0 Å². The SMILES string of the molecule is CCCCCN1[SiH2]N(C2CCCCC2)C1F.CCCCCN1[SiH2]N(C2CCCCC2)C1I.CCCCCN1[SiH2]N(CCC)C1F.CCCCCN1[SiH2]N(CCCC)C1F.CCCCN1[SiH2]N(C2CCCCC2)C1F.CCCN1[SiH2]N(C2CCCCC2)C1F. The maximum atomic E-state index is 13.9. The second kappa shape index (κ2) is 47.2. The second-order valence-corrected chi connectivity index (χ2v) is 40.2. The molecule has 0 aromatic rings. The van der Waals surface area contributed by atoms with Gasteiger partial charge in [-0.1, -0.05) is 197 Å². The molecule has 6 heterocycles. The molecule has 0 amide bonds. The number of hydrogen-bond acceptors (Lipinski definition) is 12. The fourth-order valence-electron chi connectivity index (χ4n) is 14.6. The molecule has 0 bridgehead atoms. The second-order valence-electron chi connectivity index (χ2n) is 28.0. The first-order chi connectivity index (χ1) is 42.9.